The van der Waals surface area contributed by atoms with Gasteiger partial charge in [-0.05, 0) is 19.8 Å². The minimum Gasteiger partial charge on any atom is -0.394 e. The molecule has 65 valence electrons. The summed E-state index contributed by atoms with van der Waals surface area (Å²) in [5, 5.41) is 9.08. The normalized spacial score (nSPS) is 22.4. The zero-order valence-electron chi connectivity index (χ0n) is 6.81. The van der Waals surface area contributed by atoms with E-state index in [-0.39, 0.29) is 12.1 Å². The smallest absolute Gasteiger partial charge is 0.0683 e. The van der Waals surface area contributed by atoms with Crippen LogP contribution in [0.4, 0.5) is 0 Å². The van der Waals surface area contributed by atoms with E-state index in [2.05, 4.69) is 12.4 Å². The van der Waals surface area contributed by atoms with Crippen LogP contribution in [-0.4, -0.2) is 23.9 Å². The summed E-state index contributed by atoms with van der Waals surface area (Å²) in [5.74, 6) is 0. The third kappa shape index (κ3) is 2.15. The van der Waals surface area contributed by atoms with Crippen molar-refractivity contribution in [2.45, 2.75) is 31.2 Å². The lowest BCUT2D eigenvalue weighted by Gasteiger charge is -2.26. The average molecular weight is 158 g/mol. The second-order valence-electron chi connectivity index (χ2n) is 3.10. The molecule has 1 radical (unpaired) electrons. The summed E-state index contributed by atoms with van der Waals surface area (Å²) < 4.78 is 0. The van der Waals surface area contributed by atoms with Gasteiger partial charge in [0.1, 0.15) is 0 Å². The molecule has 1 fully saturated rings. The van der Waals surface area contributed by atoms with Gasteiger partial charge in [-0.15, -0.1) is 0 Å². The van der Waals surface area contributed by atoms with Crippen molar-refractivity contribution in [1.82, 2.24) is 5.48 Å². The van der Waals surface area contributed by atoms with Crippen LogP contribution in [0.15, 0.2) is 0 Å². The molecule has 3 nitrogen and oxygen atoms in total. The molecule has 0 amide bonds. The maximum Gasteiger partial charge on any atom is 0.0683 e. The van der Waals surface area contributed by atoms with Gasteiger partial charge in [-0.2, -0.15) is 5.48 Å². The van der Waals surface area contributed by atoms with Gasteiger partial charge < -0.3 is 9.94 Å². The number of hydrogen-bond donors (Lipinski definition) is 2. The second kappa shape index (κ2) is 4.04. The molecular weight excluding hydrogens is 142 g/mol. The molecule has 1 rings (SSSR count). The molecule has 1 aliphatic carbocycles. The minimum absolute atomic E-state index is 0.160. The molecule has 0 aliphatic heterocycles. The van der Waals surface area contributed by atoms with Crippen molar-refractivity contribution >= 4 is 0 Å². The van der Waals surface area contributed by atoms with E-state index in [1.54, 1.807) is 0 Å². The minimum atomic E-state index is -0.169. The maximum atomic E-state index is 9.08. The number of aliphatic hydroxyl groups excluding tert-OH is 1. The summed E-state index contributed by atoms with van der Waals surface area (Å²) in [6, 6.07) is 0. The molecule has 3 heteroatoms. The molecule has 0 aromatic rings. The van der Waals surface area contributed by atoms with E-state index in [0.717, 1.165) is 12.8 Å². The molecule has 0 unspecified atom stereocenters. The molecular formula is C8H16NO2. The average Bonchev–Trinajstić information content (AvgIpc) is 2.50. The van der Waals surface area contributed by atoms with Crippen molar-refractivity contribution in [3.63, 3.8) is 0 Å². The quantitative estimate of drug-likeness (QED) is 0.590. The third-order valence-electron chi connectivity index (χ3n) is 2.25. The highest BCUT2D eigenvalue weighted by Gasteiger charge is 2.33. The summed E-state index contributed by atoms with van der Waals surface area (Å²) >= 11 is 0. The lowest BCUT2D eigenvalue weighted by Crippen LogP contribution is -2.45. The van der Waals surface area contributed by atoms with E-state index in [1.807, 2.05) is 0 Å². The monoisotopic (exact) mass is 158 g/mol. The zero-order chi connectivity index (χ0) is 8.16. The Balaban J connectivity index is 2.33. The fraction of sp³-hybridized carbons (Fsp3) is 0.875. The number of hydroxylamine groups is 1. The molecule has 1 saturated carbocycles. The SMILES string of the molecule is [CH2]CONC1(CO)CCCC1. The van der Waals surface area contributed by atoms with Crippen molar-refractivity contribution < 1.29 is 9.94 Å². The van der Waals surface area contributed by atoms with Crippen LogP contribution in [0.1, 0.15) is 25.7 Å². The molecule has 0 atom stereocenters. The first-order valence-electron chi connectivity index (χ1n) is 4.12. The maximum absolute atomic E-state index is 9.08. The van der Waals surface area contributed by atoms with E-state index in [4.69, 9.17) is 9.94 Å². The predicted octanol–water partition coefficient (Wildman–Crippen LogP) is 0.647. The standard InChI is InChI=1S/C8H16NO2/c1-2-11-9-8(7-10)5-3-4-6-8/h9-10H,1-7H2. The largest absolute Gasteiger partial charge is 0.394 e. The third-order valence-corrected chi connectivity index (χ3v) is 2.25. The first kappa shape index (κ1) is 8.97. The Morgan fingerprint density at radius 3 is 2.55 bits per heavy atom. The molecule has 1 aliphatic rings. The number of aliphatic hydroxyl groups is 1. The van der Waals surface area contributed by atoms with Crippen molar-refractivity contribution in [1.29, 1.82) is 0 Å². The summed E-state index contributed by atoms with van der Waals surface area (Å²) in [5.41, 5.74) is 2.71. The highest BCUT2D eigenvalue weighted by molar-refractivity contribution is 4.89. The lowest BCUT2D eigenvalue weighted by atomic mass is 10.0. The van der Waals surface area contributed by atoms with Crippen molar-refractivity contribution in [3.05, 3.63) is 6.92 Å². The van der Waals surface area contributed by atoms with Gasteiger partial charge in [0, 0.05) is 0 Å². The molecule has 0 aromatic carbocycles. The van der Waals surface area contributed by atoms with Gasteiger partial charge in [-0.3, -0.25) is 0 Å². The van der Waals surface area contributed by atoms with Crippen molar-refractivity contribution in [2.75, 3.05) is 13.2 Å². The molecule has 0 spiro atoms. The number of nitrogens with one attached hydrogen (secondary N) is 1. The van der Waals surface area contributed by atoms with E-state index < -0.39 is 0 Å². The Labute approximate surface area is 67.7 Å². The van der Waals surface area contributed by atoms with Gasteiger partial charge in [0.2, 0.25) is 0 Å². The van der Waals surface area contributed by atoms with Crippen LogP contribution in [0, 0.1) is 6.92 Å². The molecule has 11 heavy (non-hydrogen) atoms. The Bertz CT molecular complexity index is 111. The Kier molecular flexibility index (Phi) is 3.30. The second-order valence-corrected chi connectivity index (χ2v) is 3.10. The fourth-order valence-electron chi connectivity index (χ4n) is 1.55. The highest BCUT2D eigenvalue weighted by atomic mass is 16.6. The molecule has 2 N–H and O–H groups in total. The van der Waals surface area contributed by atoms with Crippen LogP contribution in [0.25, 0.3) is 0 Å². The van der Waals surface area contributed by atoms with Crippen molar-refractivity contribution in [2.24, 2.45) is 0 Å². The van der Waals surface area contributed by atoms with E-state index in [1.165, 1.54) is 12.8 Å². The topological polar surface area (TPSA) is 41.5 Å². The van der Waals surface area contributed by atoms with Crippen LogP contribution >= 0.6 is 0 Å². The molecule has 0 heterocycles. The van der Waals surface area contributed by atoms with Gasteiger partial charge in [-0.1, -0.05) is 12.8 Å². The lowest BCUT2D eigenvalue weighted by molar-refractivity contribution is -0.0295. The fourth-order valence-corrected chi connectivity index (χ4v) is 1.55. The molecule has 0 saturated heterocycles. The number of rotatable bonds is 4. The first-order chi connectivity index (χ1) is 5.33. The Morgan fingerprint density at radius 2 is 2.09 bits per heavy atom. The summed E-state index contributed by atoms with van der Waals surface area (Å²) in [6.07, 6.45) is 4.36. The Hall–Kier alpha value is -0.120. The predicted molar refractivity (Wildman–Crippen MR) is 42.7 cm³/mol. The molecule has 0 bridgehead atoms. The van der Waals surface area contributed by atoms with Gasteiger partial charge in [0.05, 0.1) is 18.8 Å². The molecule has 0 aromatic heterocycles. The Morgan fingerprint density at radius 1 is 1.45 bits per heavy atom. The van der Waals surface area contributed by atoms with Crippen LogP contribution in [0.5, 0.6) is 0 Å². The summed E-state index contributed by atoms with van der Waals surface area (Å²) in [4.78, 5) is 4.99. The summed E-state index contributed by atoms with van der Waals surface area (Å²) in [6.45, 7) is 4.11. The van der Waals surface area contributed by atoms with Crippen LogP contribution in [0.2, 0.25) is 0 Å². The highest BCUT2D eigenvalue weighted by Crippen LogP contribution is 2.28. The van der Waals surface area contributed by atoms with E-state index >= 15 is 0 Å². The van der Waals surface area contributed by atoms with Crippen LogP contribution < -0.4 is 5.48 Å². The van der Waals surface area contributed by atoms with Gasteiger partial charge in [0.15, 0.2) is 0 Å². The zero-order valence-corrected chi connectivity index (χ0v) is 6.81. The van der Waals surface area contributed by atoms with Crippen LogP contribution in [0.3, 0.4) is 0 Å². The van der Waals surface area contributed by atoms with Gasteiger partial charge >= 0.3 is 0 Å². The number of hydrogen-bond acceptors (Lipinski definition) is 3. The van der Waals surface area contributed by atoms with Gasteiger partial charge in [-0.25, -0.2) is 0 Å². The summed E-state index contributed by atoms with van der Waals surface area (Å²) in [7, 11) is 0. The first-order valence-corrected chi connectivity index (χ1v) is 4.12. The van der Waals surface area contributed by atoms with Gasteiger partial charge in [0.25, 0.3) is 0 Å². The van der Waals surface area contributed by atoms with Crippen LogP contribution in [-0.2, 0) is 4.84 Å². The van der Waals surface area contributed by atoms with E-state index in [9.17, 15) is 0 Å². The van der Waals surface area contributed by atoms with Crippen molar-refractivity contribution in [3.8, 4) is 0 Å². The van der Waals surface area contributed by atoms with E-state index in [0.29, 0.717) is 6.61 Å².